The van der Waals surface area contributed by atoms with Crippen LogP contribution in [0, 0.1) is 5.41 Å². The monoisotopic (exact) mass is 249 g/mol. The van der Waals surface area contributed by atoms with Gasteiger partial charge in [-0.1, -0.05) is 12.8 Å². The Morgan fingerprint density at radius 1 is 1.31 bits per heavy atom. The molecule has 1 aliphatic rings. The van der Waals surface area contributed by atoms with Crippen LogP contribution >= 0.6 is 12.4 Å². The summed E-state index contributed by atoms with van der Waals surface area (Å²) in [6.45, 7) is 0.406. The molecule has 1 rings (SSSR count). The molecule has 0 saturated heterocycles. The molecule has 1 aliphatic carbocycles. The van der Waals surface area contributed by atoms with Crippen LogP contribution in [0.15, 0.2) is 0 Å². The van der Waals surface area contributed by atoms with Crippen LogP contribution in [0.1, 0.15) is 25.7 Å². The maximum Gasteiger partial charge on any atom is 0.239 e. The Labute approximate surface area is 102 Å². The Balaban J connectivity index is 0.00000225. The van der Waals surface area contributed by atoms with Gasteiger partial charge < -0.3 is 16.4 Å². The summed E-state index contributed by atoms with van der Waals surface area (Å²) in [6, 6.07) is 0. The molecule has 4 N–H and O–H groups in total. The lowest BCUT2D eigenvalue weighted by molar-refractivity contribution is -0.132. The quantitative estimate of drug-likeness (QED) is 0.645. The third-order valence-electron chi connectivity index (χ3n) is 3.12. The van der Waals surface area contributed by atoms with E-state index >= 15 is 0 Å². The molecule has 0 aromatic carbocycles. The van der Waals surface area contributed by atoms with E-state index in [1.165, 1.54) is 0 Å². The minimum absolute atomic E-state index is 0. The van der Waals surface area contributed by atoms with Crippen molar-refractivity contribution in [1.29, 1.82) is 0 Å². The minimum Gasteiger partial charge on any atom is -0.358 e. The maximum absolute atomic E-state index is 11.8. The SMILES string of the molecule is CNC(=O)CNC(=O)C1(CN)CCCC1.Cl. The number of carbonyl (C=O) groups is 2. The third kappa shape index (κ3) is 3.35. The lowest BCUT2D eigenvalue weighted by Crippen LogP contribution is -2.46. The van der Waals surface area contributed by atoms with Gasteiger partial charge in [-0.15, -0.1) is 12.4 Å². The van der Waals surface area contributed by atoms with Crippen LogP contribution in [-0.4, -0.2) is 32.0 Å². The molecule has 0 aromatic rings. The zero-order valence-corrected chi connectivity index (χ0v) is 10.4. The second kappa shape index (κ2) is 6.70. The number of likely N-dealkylation sites (N-methyl/N-ethyl adjacent to an activating group) is 1. The highest BCUT2D eigenvalue weighted by atomic mass is 35.5. The van der Waals surface area contributed by atoms with Gasteiger partial charge in [0.15, 0.2) is 0 Å². The molecule has 0 radical (unpaired) electrons. The van der Waals surface area contributed by atoms with E-state index < -0.39 is 5.41 Å². The first-order valence-electron chi connectivity index (χ1n) is 5.33. The Bertz CT molecular complexity index is 252. The molecule has 0 aromatic heterocycles. The van der Waals surface area contributed by atoms with Gasteiger partial charge in [0.05, 0.1) is 12.0 Å². The van der Waals surface area contributed by atoms with Gasteiger partial charge in [-0.25, -0.2) is 0 Å². The first kappa shape index (κ1) is 15.2. The first-order valence-corrected chi connectivity index (χ1v) is 5.33. The van der Waals surface area contributed by atoms with Crippen LogP contribution in [0.5, 0.6) is 0 Å². The fourth-order valence-electron chi connectivity index (χ4n) is 2.01. The van der Waals surface area contributed by atoms with E-state index in [1.807, 2.05) is 0 Å². The van der Waals surface area contributed by atoms with Crippen LogP contribution < -0.4 is 16.4 Å². The number of rotatable bonds is 4. The highest BCUT2D eigenvalue weighted by Crippen LogP contribution is 2.37. The van der Waals surface area contributed by atoms with Crippen molar-refractivity contribution >= 4 is 24.2 Å². The summed E-state index contributed by atoms with van der Waals surface area (Å²) < 4.78 is 0. The smallest absolute Gasteiger partial charge is 0.239 e. The second-order valence-electron chi connectivity index (χ2n) is 4.05. The zero-order valence-electron chi connectivity index (χ0n) is 9.54. The molecule has 1 fully saturated rings. The van der Waals surface area contributed by atoms with Crippen molar-refractivity contribution in [3.05, 3.63) is 0 Å². The van der Waals surface area contributed by atoms with Crippen molar-refractivity contribution in [2.24, 2.45) is 11.1 Å². The molecule has 0 bridgehead atoms. The van der Waals surface area contributed by atoms with E-state index in [0.717, 1.165) is 25.7 Å². The van der Waals surface area contributed by atoms with Gasteiger partial charge in [0.25, 0.3) is 0 Å². The van der Waals surface area contributed by atoms with Crippen molar-refractivity contribution in [2.45, 2.75) is 25.7 Å². The largest absolute Gasteiger partial charge is 0.358 e. The van der Waals surface area contributed by atoms with Crippen LogP contribution in [0.25, 0.3) is 0 Å². The standard InChI is InChI=1S/C10H19N3O2.ClH/c1-12-8(14)6-13-9(15)10(7-11)4-2-3-5-10;/h2-7,11H2,1H3,(H,12,14)(H,13,15);1H. The van der Waals surface area contributed by atoms with E-state index in [1.54, 1.807) is 7.05 Å². The van der Waals surface area contributed by atoms with E-state index in [2.05, 4.69) is 10.6 Å². The number of amides is 2. The summed E-state index contributed by atoms with van der Waals surface area (Å²) in [5.41, 5.74) is 5.22. The maximum atomic E-state index is 11.8. The molecule has 1 saturated carbocycles. The van der Waals surface area contributed by atoms with Gasteiger partial charge in [-0.3, -0.25) is 9.59 Å². The number of nitrogens with one attached hydrogen (secondary N) is 2. The number of hydrogen-bond donors (Lipinski definition) is 3. The zero-order chi connectivity index (χ0) is 11.3. The highest BCUT2D eigenvalue weighted by Gasteiger charge is 2.39. The number of hydrogen-bond acceptors (Lipinski definition) is 3. The van der Waals surface area contributed by atoms with E-state index in [-0.39, 0.29) is 30.8 Å². The Morgan fingerprint density at radius 2 is 1.88 bits per heavy atom. The predicted octanol–water partition coefficient (Wildman–Crippen LogP) is -0.211. The molecule has 94 valence electrons. The van der Waals surface area contributed by atoms with Crippen molar-refractivity contribution in [1.82, 2.24) is 10.6 Å². The summed E-state index contributed by atoms with van der Waals surface area (Å²) >= 11 is 0. The molecule has 0 aliphatic heterocycles. The fraction of sp³-hybridized carbons (Fsp3) is 0.800. The van der Waals surface area contributed by atoms with Gasteiger partial charge in [0, 0.05) is 13.6 Å². The second-order valence-corrected chi connectivity index (χ2v) is 4.05. The Morgan fingerprint density at radius 3 is 2.31 bits per heavy atom. The van der Waals surface area contributed by atoms with Crippen LogP contribution in [-0.2, 0) is 9.59 Å². The molecule has 5 nitrogen and oxygen atoms in total. The average molecular weight is 250 g/mol. The highest BCUT2D eigenvalue weighted by molar-refractivity contribution is 5.88. The molecular formula is C10H20ClN3O2. The average Bonchev–Trinajstić information content (AvgIpc) is 2.75. The molecule has 0 spiro atoms. The summed E-state index contributed by atoms with van der Waals surface area (Å²) in [5.74, 6) is -0.264. The van der Waals surface area contributed by atoms with E-state index in [0.29, 0.717) is 6.54 Å². The lowest BCUT2D eigenvalue weighted by atomic mass is 9.85. The Kier molecular flexibility index (Phi) is 6.36. The lowest BCUT2D eigenvalue weighted by Gasteiger charge is -2.25. The number of halogens is 1. The summed E-state index contributed by atoms with van der Waals surface area (Å²) in [6.07, 6.45) is 3.77. The van der Waals surface area contributed by atoms with Crippen LogP contribution in [0.2, 0.25) is 0 Å². The van der Waals surface area contributed by atoms with Gasteiger partial charge >= 0.3 is 0 Å². The molecule has 6 heteroatoms. The molecular weight excluding hydrogens is 230 g/mol. The van der Waals surface area contributed by atoms with Gasteiger partial charge in [-0.05, 0) is 12.8 Å². The predicted molar refractivity (Wildman–Crippen MR) is 64.3 cm³/mol. The van der Waals surface area contributed by atoms with Crippen molar-refractivity contribution in [3.63, 3.8) is 0 Å². The van der Waals surface area contributed by atoms with Crippen LogP contribution in [0.4, 0.5) is 0 Å². The molecule has 2 amide bonds. The molecule has 16 heavy (non-hydrogen) atoms. The van der Waals surface area contributed by atoms with Crippen molar-refractivity contribution in [2.75, 3.05) is 20.1 Å². The van der Waals surface area contributed by atoms with E-state index in [4.69, 9.17) is 5.73 Å². The summed E-state index contributed by atoms with van der Waals surface area (Å²) in [5, 5.41) is 5.09. The number of nitrogens with two attached hydrogens (primary N) is 1. The van der Waals surface area contributed by atoms with Crippen LogP contribution in [0.3, 0.4) is 0 Å². The third-order valence-corrected chi connectivity index (χ3v) is 3.12. The molecule has 0 unspecified atom stereocenters. The number of carbonyl (C=O) groups excluding carboxylic acids is 2. The van der Waals surface area contributed by atoms with Gasteiger partial charge in [-0.2, -0.15) is 0 Å². The van der Waals surface area contributed by atoms with Crippen molar-refractivity contribution < 1.29 is 9.59 Å². The Hall–Kier alpha value is -0.810. The first-order chi connectivity index (χ1) is 7.14. The normalized spacial score (nSPS) is 17.4. The summed E-state index contributed by atoms with van der Waals surface area (Å²) in [4.78, 5) is 22.8. The summed E-state index contributed by atoms with van der Waals surface area (Å²) in [7, 11) is 1.54. The van der Waals surface area contributed by atoms with Gasteiger partial charge in [0.1, 0.15) is 0 Å². The minimum atomic E-state index is -0.423. The topological polar surface area (TPSA) is 84.2 Å². The molecule has 0 heterocycles. The fourth-order valence-corrected chi connectivity index (χ4v) is 2.01. The van der Waals surface area contributed by atoms with Gasteiger partial charge in [0.2, 0.25) is 11.8 Å². The van der Waals surface area contributed by atoms with E-state index in [9.17, 15) is 9.59 Å². The van der Waals surface area contributed by atoms with Crippen molar-refractivity contribution in [3.8, 4) is 0 Å². The molecule has 0 atom stereocenters.